The number of methoxy groups -OCH3 is 1. The van der Waals surface area contributed by atoms with Crippen molar-refractivity contribution >= 4 is 5.91 Å². The summed E-state index contributed by atoms with van der Waals surface area (Å²) in [6.07, 6.45) is 0.202. The highest BCUT2D eigenvalue weighted by atomic mass is 16.5. The highest BCUT2D eigenvalue weighted by Crippen LogP contribution is 1.94. The van der Waals surface area contributed by atoms with E-state index in [-0.39, 0.29) is 12.3 Å². The van der Waals surface area contributed by atoms with E-state index in [9.17, 15) is 4.79 Å². The second-order valence-corrected chi connectivity index (χ2v) is 3.12. The number of hydrogen-bond acceptors (Lipinski definition) is 4. The largest absolute Gasteiger partial charge is 0.383 e. The second kappa shape index (κ2) is 7.30. The van der Waals surface area contributed by atoms with Crippen LogP contribution in [0, 0.1) is 11.3 Å². The van der Waals surface area contributed by atoms with Crippen molar-refractivity contribution in [2.45, 2.75) is 12.5 Å². The maximum absolute atomic E-state index is 11.2. The van der Waals surface area contributed by atoms with Crippen molar-refractivity contribution in [2.75, 3.05) is 34.4 Å². The molecule has 0 aromatic carbocycles. The average molecular weight is 199 g/mol. The predicted octanol–water partition coefficient (Wildman–Crippen LogP) is -0.407. The fourth-order valence-electron chi connectivity index (χ4n) is 0.856. The molecule has 80 valence electrons. The maximum atomic E-state index is 11.2. The van der Waals surface area contributed by atoms with Crippen LogP contribution in [-0.2, 0) is 9.53 Å². The van der Waals surface area contributed by atoms with E-state index in [0.717, 1.165) is 0 Å². The highest BCUT2D eigenvalue weighted by Gasteiger charge is 2.13. The lowest BCUT2D eigenvalue weighted by atomic mass is 10.2. The van der Waals surface area contributed by atoms with Crippen LogP contribution >= 0.6 is 0 Å². The van der Waals surface area contributed by atoms with E-state index in [2.05, 4.69) is 5.32 Å². The Bertz CT molecular complexity index is 211. The minimum atomic E-state index is -0.431. The first-order valence-electron chi connectivity index (χ1n) is 4.44. The molecular weight excluding hydrogens is 182 g/mol. The summed E-state index contributed by atoms with van der Waals surface area (Å²) >= 11 is 0. The average Bonchev–Trinajstić information content (AvgIpc) is 2.16. The van der Waals surface area contributed by atoms with E-state index < -0.39 is 6.04 Å². The molecule has 0 fully saturated rings. The van der Waals surface area contributed by atoms with Gasteiger partial charge in [0.2, 0.25) is 5.91 Å². The number of ether oxygens (including phenoxy) is 1. The van der Waals surface area contributed by atoms with E-state index in [0.29, 0.717) is 13.2 Å². The van der Waals surface area contributed by atoms with Gasteiger partial charge in [-0.1, -0.05) is 0 Å². The van der Waals surface area contributed by atoms with Gasteiger partial charge < -0.3 is 9.64 Å². The zero-order valence-electron chi connectivity index (χ0n) is 8.91. The van der Waals surface area contributed by atoms with Crippen LogP contribution in [0.2, 0.25) is 0 Å². The van der Waals surface area contributed by atoms with E-state index in [1.165, 1.54) is 4.90 Å². The highest BCUT2D eigenvalue weighted by molar-refractivity contribution is 5.76. The third-order valence-corrected chi connectivity index (χ3v) is 1.73. The Kier molecular flexibility index (Phi) is 6.72. The molecule has 5 nitrogen and oxygen atoms in total. The topological polar surface area (TPSA) is 65.4 Å². The molecule has 1 amide bonds. The van der Waals surface area contributed by atoms with Gasteiger partial charge >= 0.3 is 0 Å². The molecule has 0 radical (unpaired) electrons. The molecule has 1 N–H and O–H groups in total. The van der Waals surface area contributed by atoms with Gasteiger partial charge in [0.15, 0.2) is 0 Å². The zero-order chi connectivity index (χ0) is 11.0. The number of hydrogen-bond donors (Lipinski definition) is 1. The summed E-state index contributed by atoms with van der Waals surface area (Å²) in [5, 5.41) is 11.7. The van der Waals surface area contributed by atoms with E-state index in [1.54, 1.807) is 21.2 Å². The van der Waals surface area contributed by atoms with Gasteiger partial charge in [-0.25, -0.2) is 0 Å². The smallest absolute Gasteiger partial charge is 0.224 e. The number of rotatable bonds is 6. The molecule has 0 rings (SSSR count). The van der Waals surface area contributed by atoms with Crippen molar-refractivity contribution in [3.8, 4) is 6.07 Å². The van der Waals surface area contributed by atoms with Crippen LogP contribution in [0.5, 0.6) is 0 Å². The second-order valence-electron chi connectivity index (χ2n) is 3.12. The lowest BCUT2D eigenvalue weighted by Crippen LogP contribution is -2.35. The number of nitriles is 1. The molecule has 0 aromatic heterocycles. The molecule has 0 aliphatic carbocycles. The van der Waals surface area contributed by atoms with Crippen molar-refractivity contribution in [2.24, 2.45) is 0 Å². The van der Waals surface area contributed by atoms with Crippen molar-refractivity contribution < 1.29 is 9.53 Å². The minimum absolute atomic E-state index is 0.0542. The molecule has 0 heterocycles. The van der Waals surface area contributed by atoms with Crippen LogP contribution in [0.25, 0.3) is 0 Å². The monoisotopic (exact) mass is 199 g/mol. The van der Waals surface area contributed by atoms with Crippen LogP contribution in [-0.4, -0.2) is 51.2 Å². The summed E-state index contributed by atoms with van der Waals surface area (Å²) in [7, 11) is 4.94. The first-order valence-corrected chi connectivity index (χ1v) is 4.44. The normalized spacial score (nSPS) is 11.9. The molecule has 0 spiro atoms. The number of nitrogens with one attached hydrogen (secondary N) is 1. The number of carbonyl (C=O) groups is 1. The zero-order valence-corrected chi connectivity index (χ0v) is 8.91. The Morgan fingerprint density at radius 1 is 1.64 bits per heavy atom. The molecule has 0 aliphatic heterocycles. The first kappa shape index (κ1) is 12.9. The molecular formula is C9H17N3O2. The Balaban J connectivity index is 3.80. The molecule has 5 heteroatoms. The predicted molar refractivity (Wildman–Crippen MR) is 52.6 cm³/mol. The van der Waals surface area contributed by atoms with Gasteiger partial charge in [0, 0.05) is 27.7 Å². The summed E-state index contributed by atoms with van der Waals surface area (Å²) in [5.41, 5.74) is 0. The van der Waals surface area contributed by atoms with Gasteiger partial charge in [-0.15, -0.1) is 0 Å². The Hall–Kier alpha value is -1.12. The van der Waals surface area contributed by atoms with Crippen molar-refractivity contribution in [3.63, 3.8) is 0 Å². The van der Waals surface area contributed by atoms with Gasteiger partial charge in [0.25, 0.3) is 0 Å². The summed E-state index contributed by atoms with van der Waals surface area (Å²) in [6.45, 7) is 1.11. The fraction of sp³-hybridized carbons (Fsp3) is 0.778. The van der Waals surface area contributed by atoms with Crippen LogP contribution < -0.4 is 5.32 Å². The van der Waals surface area contributed by atoms with E-state index in [4.69, 9.17) is 10.00 Å². The van der Waals surface area contributed by atoms with Crippen LogP contribution in [0.3, 0.4) is 0 Å². The molecule has 1 atom stereocenters. The number of nitrogens with zero attached hydrogens (tertiary/aromatic N) is 2. The van der Waals surface area contributed by atoms with Crippen molar-refractivity contribution in [3.05, 3.63) is 0 Å². The molecule has 1 unspecified atom stereocenters. The maximum Gasteiger partial charge on any atom is 0.224 e. The summed E-state index contributed by atoms with van der Waals surface area (Å²) < 4.78 is 4.82. The van der Waals surface area contributed by atoms with Crippen LogP contribution in [0.1, 0.15) is 6.42 Å². The lowest BCUT2D eigenvalue weighted by Gasteiger charge is -2.14. The van der Waals surface area contributed by atoms with Gasteiger partial charge in [0.1, 0.15) is 6.04 Å². The molecule has 0 saturated carbocycles. The number of carbonyl (C=O) groups excluding carboxylic acids is 1. The summed E-state index contributed by atoms with van der Waals surface area (Å²) in [4.78, 5) is 12.7. The van der Waals surface area contributed by atoms with E-state index >= 15 is 0 Å². The fourth-order valence-corrected chi connectivity index (χ4v) is 0.856. The van der Waals surface area contributed by atoms with Gasteiger partial charge in [-0.2, -0.15) is 5.26 Å². The summed E-state index contributed by atoms with van der Waals surface area (Å²) in [5.74, 6) is -0.0542. The van der Waals surface area contributed by atoms with Gasteiger partial charge in [-0.05, 0) is 0 Å². The Morgan fingerprint density at radius 3 is 2.71 bits per heavy atom. The standard InChI is InChI=1S/C9H17N3O2/c1-12(2)9(13)6-8(7-10)11-4-5-14-3/h8,11H,4-6H2,1-3H3. The van der Waals surface area contributed by atoms with E-state index in [1.807, 2.05) is 6.07 Å². The first-order chi connectivity index (χ1) is 6.61. The summed E-state index contributed by atoms with van der Waals surface area (Å²) in [6, 6.07) is 1.60. The van der Waals surface area contributed by atoms with Crippen LogP contribution in [0.15, 0.2) is 0 Å². The SMILES string of the molecule is COCCNC(C#N)CC(=O)N(C)C. The van der Waals surface area contributed by atoms with Crippen LogP contribution in [0.4, 0.5) is 0 Å². The van der Waals surface area contributed by atoms with Crippen molar-refractivity contribution in [1.82, 2.24) is 10.2 Å². The molecule has 14 heavy (non-hydrogen) atoms. The molecule has 0 bridgehead atoms. The third kappa shape index (κ3) is 5.51. The molecule has 0 aromatic rings. The van der Waals surface area contributed by atoms with Gasteiger partial charge in [-0.3, -0.25) is 10.1 Å². The molecule has 0 saturated heterocycles. The Morgan fingerprint density at radius 2 is 2.29 bits per heavy atom. The number of amides is 1. The third-order valence-electron chi connectivity index (χ3n) is 1.73. The quantitative estimate of drug-likeness (QED) is 0.591. The minimum Gasteiger partial charge on any atom is -0.383 e. The van der Waals surface area contributed by atoms with Crippen molar-refractivity contribution in [1.29, 1.82) is 5.26 Å². The Labute approximate surface area is 84.6 Å². The molecule has 0 aliphatic rings. The lowest BCUT2D eigenvalue weighted by molar-refractivity contribution is -0.128. The van der Waals surface area contributed by atoms with Gasteiger partial charge in [0.05, 0.1) is 19.1 Å².